The average Bonchev–Trinajstić information content (AvgIpc) is 3.41. The maximum absolute atomic E-state index is 14.1. The molecule has 2 saturated carbocycles. The summed E-state index contributed by atoms with van der Waals surface area (Å²) in [4.78, 5) is 17.2. The van der Waals surface area contributed by atoms with Crippen LogP contribution in [-0.2, 0) is 0 Å². The second-order valence-corrected chi connectivity index (χ2v) is 12.0. The van der Waals surface area contributed by atoms with Gasteiger partial charge in [0.25, 0.3) is 5.91 Å². The predicted molar refractivity (Wildman–Crippen MR) is 136 cm³/mol. The van der Waals surface area contributed by atoms with E-state index in [2.05, 4.69) is 47.1 Å². The van der Waals surface area contributed by atoms with E-state index in [0.29, 0.717) is 17.8 Å². The number of carbonyl (C=O) groups is 1. The summed E-state index contributed by atoms with van der Waals surface area (Å²) in [5, 5.41) is 3.03. The maximum Gasteiger partial charge on any atom is 0.254 e. The van der Waals surface area contributed by atoms with E-state index < -0.39 is 17.5 Å². The van der Waals surface area contributed by atoms with Gasteiger partial charge in [0.2, 0.25) is 0 Å². The highest BCUT2D eigenvalue weighted by molar-refractivity contribution is 5.94. The van der Waals surface area contributed by atoms with Gasteiger partial charge in [-0.05, 0) is 87.2 Å². The lowest BCUT2D eigenvalue weighted by Gasteiger charge is -2.58. The topological polar surface area (TPSA) is 46.9 Å². The van der Waals surface area contributed by atoms with Crippen molar-refractivity contribution in [1.82, 2.24) is 14.9 Å². The molecule has 4 nitrogen and oxygen atoms in total. The number of hydrogen-bond donors (Lipinski definition) is 1. The first kappa shape index (κ1) is 23.6. The van der Waals surface area contributed by atoms with Crippen molar-refractivity contribution in [1.29, 1.82) is 0 Å². The molecule has 1 N–H and O–H groups in total. The van der Waals surface area contributed by atoms with Crippen molar-refractivity contribution in [3.05, 3.63) is 71.3 Å². The summed E-state index contributed by atoms with van der Waals surface area (Å²) in [6.45, 7) is 6.95. The smallest absolute Gasteiger partial charge is 0.254 e. The van der Waals surface area contributed by atoms with Crippen LogP contribution in [0.3, 0.4) is 0 Å². The maximum atomic E-state index is 14.1. The molecule has 1 heterocycles. The van der Waals surface area contributed by atoms with Crippen LogP contribution in [0.15, 0.2) is 48.4 Å². The Morgan fingerprint density at radius 3 is 2.64 bits per heavy atom. The lowest BCUT2D eigenvalue weighted by atomic mass is 9.47. The van der Waals surface area contributed by atoms with E-state index in [4.69, 9.17) is 0 Å². The number of amides is 1. The molecule has 0 aliphatic heterocycles. The zero-order chi connectivity index (χ0) is 25.2. The van der Waals surface area contributed by atoms with E-state index in [1.165, 1.54) is 30.2 Å². The molecule has 0 saturated heterocycles. The molecule has 3 unspecified atom stereocenters. The number of nitrogens with zero attached hydrogens (tertiary/aromatic N) is 2. The Bertz CT molecular complexity index is 1280. The summed E-state index contributed by atoms with van der Waals surface area (Å²) in [6, 6.07) is 3.11. The van der Waals surface area contributed by atoms with Gasteiger partial charge in [0.1, 0.15) is 11.6 Å². The van der Waals surface area contributed by atoms with Gasteiger partial charge in [-0.3, -0.25) is 4.79 Å². The number of aromatic nitrogens is 2. The minimum absolute atomic E-state index is 0.0177. The number of allylic oxidation sites excluding steroid dienone is 3. The molecule has 1 aromatic carbocycles. The molecule has 1 amide bonds. The van der Waals surface area contributed by atoms with Crippen molar-refractivity contribution in [3.8, 4) is 0 Å². The minimum atomic E-state index is -0.812. The van der Waals surface area contributed by atoms with Gasteiger partial charge in [-0.15, -0.1) is 0 Å². The third-order valence-corrected chi connectivity index (χ3v) is 10.1. The first-order chi connectivity index (χ1) is 17.2. The summed E-state index contributed by atoms with van der Waals surface area (Å²) < 4.78 is 29.6. The van der Waals surface area contributed by atoms with Crippen LogP contribution in [0.25, 0.3) is 5.70 Å². The molecule has 4 aliphatic carbocycles. The molecule has 6 heteroatoms. The molecule has 6 atom stereocenters. The van der Waals surface area contributed by atoms with Crippen molar-refractivity contribution in [2.45, 2.75) is 71.8 Å². The molecule has 36 heavy (non-hydrogen) atoms. The fraction of sp³-hybridized carbons (Fsp3) is 0.533. The SMILES string of the molecule is Cc1cn(C2=CCC3C4CC=C5C[C@H](NC(=O)c6ccc(F)cc6F)CC[C@]5(C)C4CC[C@]23C)cn1. The number of imidazole rings is 1. The van der Waals surface area contributed by atoms with E-state index in [1.807, 2.05) is 13.3 Å². The number of nitrogens with one attached hydrogen (secondary N) is 1. The Morgan fingerprint density at radius 2 is 1.89 bits per heavy atom. The fourth-order valence-corrected chi connectivity index (χ4v) is 8.22. The lowest BCUT2D eigenvalue weighted by Crippen LogP contribution is -2.51. The molecule has 2 aromatic rings. The minimum Gasteiger partial charge on any atom is -0.349 e. The zero-order valence-electron chi connectivity index (χ0n) is 21.4. The molecule has 190 valence electrons. The van der Waals surface area contributed by atoms with Gasteiger partial charge in [-0.2, -0.15) is 0 Å². The summed E-state index contributed by atoms with van der Waals surface area (Å²) in [7, 11) is 0. The molecule has 4 aliphatic rings. The van der Waals surface area contributed by atoms with E-state index >= 15 is 0 Å². The third-order valence-electron chi connectivity index (χ3n) is 10.1. The molecular formula is C30H35F2N3O. The molecule has 6 rings (SSSR count). The summed E-state index contributed by atoms with van der Waals surface area (Å²) in [6.07, 6.45) is 16.4. The highest BCUT2D eigenvalue weighted by Crippen LogP contribution is 2.65. The van der Waals surface area contributed by atoms with Gasteiger partial charge in [-0.1, -0.05) is 31.6 Å². The standard InChI is InChI=1S/C30H35F2N3O/c1-18-16-35(17-33-18)27-9-8-24-22-6-4-19-14-21(34-28(36)23-7-5-20(31)15-26(23)32)10-12-29(19,2)25(22)11-13-30(24,27)3/h4-5,7,9,15-17,21-22,24-25H,6,8,10-14H2,1-3H3,(H,34,36)/t21-,22?,24?,25?,29+,30+/m1/s1. The highest BCUT2D eigenvalue weighted by atomic mass is 19.1. The van der Waals surface area contributed by atoms with Gasteiger partial charge in [0.15, 0.2) is 0 Å². The van der Waals surface area contributed by atoms with Crippen LogP contribution in [0.5, 0.6) is 0 Å². The van der Waals surface area contributed by atoms with Crippen LogP contribution >= 0.6 is 0 Å². The summed E-state index contributed by atoms with van der Waals surface area (Å²) in [5.41, 5.74) is 4.18. The highest BCUT2D eigenvalue weighted by Gasteiger charge is 2.57. The number of aryl methyl sites for hydroxylation is 1. The molecule has 0 bridgehead atoms. The lowest BCUT2D eigenvalue weighted by molar-refractivity contribution is -0.0137. The van der Waals surface area contributed by atoms with Crippen molar-refractivity contribution in [2.24, 2.45) is 28.6 Å². The summed E-state index contributed by atoms with van der Waals surface area (Å²) in [5.74, 6) is 0.0150. The normalized spacial score (nSPS) is 35.2. The van der Waals surface area contributed by atoms with Gasteiger partial charge < -0.3 is 9.88 Å². The Labute approximate surface area is 211 Å². The van der Waals surface area contributed by atoms with Crippen molar-refractivity contribution in [2.75, 3.05) is 0 Å². The van der Waals surface area contributed by atoms with Crippen LogP contribution in [0.2, 0.25) is 0 Å². The summed E-state index contributed by atoms with van der Waals surface area (Å²) >= 11 is 0. The van der Waals surface area contributed by atoms with Gasteiger partial charge in [0, 0.05) is 29.4 Å². The van der Waals surface area contributed by atoms with E-state index in [-0.39, 0.29) is 22.4 Å². The average molecular weight is 492 g/mol. The van der Waals surface area contributed by atoms with E-state index in [1.54, 1.807) is 0 Å². The van der Waals surface area contributed by atoms with Crippen LogP contribution in [0.4, 0.5) is 8.78 Å². The second-order valence-electron chi connectivity index (χ2n) is 12.0. The number of hydrogen-bond acceptors (Lipinski definition) is 2. The molecule has 2 fully saturated rings. The Hall–Kier alpha value is -2.76. The van der Waals surface area contributed by atoms with E-state index in [0.717, 1.165) is 49.9 Å². The number of carbonyl (C=O) groups excluding carboxylic acids is 1. The number of rotatable bonds is 3. The Morgan fingerprint density at radius 1 is 1.08 bits per heavy atom. The van der Waals surface area contributed by atoms with Gasteiger partial charge >= 0.3 is 0 Å². The monoisotopic (exact) mass is 491 g/mol. The molecular weight excluding hydrogens is 456 g/mol. The second kappa shape index (κ2) is 8.39. The zero-order valence-corrected chi connectivity index (χ0v) is 21.4. The van der Waals surface area contributed by atoms with Crippen molar-refractivity contribution >= 4 is 11.6 Å². The number of halogens is 2. The van der Waals surface area contributed by atoms with Crippen LogP contribution < -0.4 is 5.32 Å². The number of fused-ring (bicyclic) bond motifs is 5. The van der Waals surface area contributed by atoms with E-state index in [9.17, 15) is 13.6 Å². The van der Waals surface area contributed by atoms with Crippen LogP contribution in [0, 0.1) is 47.1 Å². The van der Waals surface area contributed by atoms with Gasteiger partial charge in [-0.25, -0.2) is 13.8 Å². The third kappa shape index (κ3) is 3.59. The fourth-order valence-electron chi connectivity index (χ4n) is 8.22. The Kier molecular flexibility index (Phi) is 5.51. The number of benzene rings is 1. The molecule has 0 spiro atoms. The largest absolute Gasteiger partial charge is 0.349 e. The molecule has 1 aromatic heterocycles. The first-order valence-electron chi connectivity index (χ1n) is 13.4. The van der Waals surface area contributed by atoms with Crippen LogP contribution in [-0.4, -0.2) is 21.5 Å². The first-order valence-corrected chi connectivity index (χ1v) is 13.4. The van der Waals surface area contributed by atoms with Crippen molar-refractivity contribution in [3.63, 3.8) is 0 Å². The molecule has 0 radical (unpaired) electrons. The van der Waals surface area contributed by atoms with Gasteiger partial charge in [0.05, 0.1) is 17.6 Å². The predicted octanol–water partition coefficient (Wildman–Crippen LogP) is 6.68. The Balaban J connectivity index is 1.19. The van der Waals surface area contributed by atoms with Crippen molar-refractivity contribution < 1.29 is 13.6 Å². The van der Waals surface area contributed by atoms with Crippen LogP contribution in [0.1, 0.15) is 74.8 Å². The quantitative estimate of drug-likeness (QED) is 0.487.